The Kier molecular flexibility index (Phi) is 4.11. The first-order valence-corrected chi connectivity index (χ1v) is 7.73. The molecule has 102 valence electrons. The quantitative estimate of drug-likeness (QED) is 0.488. The maximum Gasteiger partial charge on any atom is 0.352 e. The predicted octanol–water partition coefficient (Wildman–Crippen LogP) is -1.72. The van der Waals surface area contributed by atoms with E-state index in [1.54, 1.807) is 0 Å². The minimum Gasteiger partial charge on any atom is -0.477 e. The summed E-state index contributed by atoms with van der Waals surface area (Å²) in [6, 6.07) is 0.918. The van der Waals surface area contributed by atoms with Crippen LogP contribution < -0.4 is 9.86 Å². The standard InChI is InChI=1S/C7H11N3O6S2/c8-17(13,14)2-1-10-18(15,16)5-3-6(7(11)12)9-4-5/h3-4,9-10H,1-2H2,(H,11,12)(H2,8,13,14). The number of nitrogens with one attached hydrogen (secondary N) is 2. The summed E-state index contributed by atoms with van der Waals surface area (Å²) in [6.07, 6.45) is 0.989. The smallest absolute Gasteiger partial charge is 0.352 e. The lowest BCUT2D eigenvalue weighted by Crippen LogP contribution is -2.31. The van der Waals surface area contributed by atoms with Crippen LogP contribution in [0.5, 0.6) is 0 Å². The summed E-state index contributed by atoms with van der Waals surface area (Å²) < 4.78 is 46.4. The largest absolute Gasteiger partial charge is 0.477 e. The lowest BCUT2D eigenvalue weighted by Gasteiger charge is -2.03. The zero-order valence-corrected chi connectivity index (χ0v) is 10.6. The van der Waals surface area contributed by atoms with Gasteiger partial charge in [-0.3, -0.25) is 0 Å². The second-order valence-electron chi connectivity index (χ2n) is 3.32. The third-order valence-electron chi connectivity index (χ3n) is 1.88. The first-order chi connectivity index (χ1) is 8.12. The fourth-order valence-corrected chi connectivity index (χ4v) is 2.60. The van der Waals surface area contributed by atoms with Crippen LogP contribution in [0.4, 0.5) is 0 Å². The molecule has 0 saturated carbocycles. The van der Waals surface area contributed by atoms with Crippen molar-refractivity contribution in [1.29, 1.82) is 0 Å². The molecule has 0 fully saturated rings. The van der Waals surface area contributed by atoms with Crippen LogP contribution in [0, 0.1) is 0 Å². The van der Waals surface area contributed by atoms with E-state index in [2.05, 4.69) is 4.98 Å². The second kappa shape index (κ2) is 5.06. The predicted molar refractivity (Wildman–Crippen MR) is 60.9 cm³/mol. The van der Waals surface area contributed by atoms with Gasteiger partial charge in [0.05, 0.1) is 5.75 Å². The van der Waals surface area contributed by atoms with E-state index in [-0.39, 0.29) is 10.6 Å². The van der Waals surface area contributed by atoms with Gasteiger partial charge >= 0.3 is 5.97 Å². The number of sulfonamides is 2. The third-order valence-corrected chi connectivity index (χ3v) is 4.09. The Labute approximate surface area is 103 Å². The Hall–Kier alpha value is -1.43. The van der Waals surface area contributed by atoms with Crippen LogP contribution in [-0.2, 0) is 20.0 Å². The average Bonchev–Trinajstić information content (AvgIpc) is 2.63. The molecule has 1 aromatic rings. The van der Waals surface area contributed by atoms with Crippen LogP contribution in [0.1, 0.15) is 10.5 Å². The summed E-state index contributed by atoms with van der Waals surface area (Å²) in [5.74, 6) is -1.86. The van der Waals surface area contributed by atoms with E-state index in [0.29, 0.717) is 0 Å². The number of aromatic nitrogens is 1. The number of carboxylic acids is 1. The molecule has 0 bridgehead atoms. The van der Waals surface area contributed by atoms with Gasteiger partial charge in [-0.15, -0.1) is 0 Å². The molecule has 5 N–H and O–H groups in total. The van der Waals surface area contributed by atoms with E-state index in [9.17, 15) is 21.6 Å². The minimum absolute atomic E-state index is 0.290. The second-order valence-corrected chi connectivity index (χ2v) is 6.82. The Morgan fingerprint density at radius 1 is 1.39 bits per heavy atom. The number of carboxylic acid groups (broad SMARTS) is 1. The maximum absolute atomic E-state index is 11.6. The number of hydrogen-bond donors (Lipinski definition) is 4. The minimum atomic E-state index is -3.96. The number of hydrogen-bond acceptors (Lipinski definition) is 5. The zero-order chi connectivity index (χ0) is 14.0. The Morgan fingerprint density at radius 3 is 2.44 bits per heavy atom. The van der Waals surface area contributed by atoms with Crippen molar-refractivity contribution in [3.05, 3.63) is 18.0 Å². The van der Waals surface area contributed by atoms with Crippen molar-refractivity contribution >= 4 is 26.0 Å². The van der Waals surface area contributed by atoms with Crippen LogP contribution in [0.25, 0.3) is 0 Å². The molecule has 0 aliphatic heterocycles. The lowest BCUT2D eigenvalue weighted by molar-refractivity contribution is 0.0691. The third kappa shape index (κ3) is 4.10. The number of aromatic amines is 1. The Morgan fingerprint density at radius 2 is 2.00 bits per heavy atom. The first-order valence-electron chi connectivity index (χ1n) is 4.54. The first kappa shape index (κ1) is 14.6. The van der Waals surface area contributed by atoms with E-state index >= 15 is 0 Å². The number of rotatable bonds is 6. The zero-order valence-electron chi connectivity index (χ0n) is 8.95. The van der Waals surface area contributed by atoms with Gasteiger partial charge in [-0.25, -0.2) is 31.5 Å². The molecule has 1 rings (SSSR count). The SMILES string of the molecule is NS(=O)(=O)CCNS(=O)(=O)c1c[nH]c(C(=O)O)c1. The number of H-pyrrole nitrogens is 1. The van der Waals surface area contributed by atoms with Crippen molar-refractivity contribution in [2.24, 2.45) is 5.14 Å². The molecule has 0 radical (unpaired) electrons. The molecule has 0 amide bonds. The van der Waals surface area contributed by atoms with E-state index in [4.69, 9.17) is 10.2 Å². The number of primary sulfonamides is 1. The van der Waals surface area contributed by atoms with Crippen molar-refractivity contribution in [3.8, 4) is 0 Å². The molecular formula is C7H11N3O6S2. The fourth-order valence-electron chi connectivity index (χ4n) is 1.05. The Bertz CT molecular complexity index is 644. The molecule has 0 atom stereocenters. The highest BCUT2D eigenvalue weighted by Crippen LogP contribution is 2.10. The molecule has 0 unspecified atom stereocenters. The van der Waals surface area contributed by atoms with E-state index < -0.39 is 38.3 Å². The van der Waals surface area contributed by atoms with Crippen LogP contribution in [0.15, 0.2) is 17.2 Å². The van der Waals surface area contributed by atoms with Crippen LogP contribution in [0.2, 0.25) is 0 Å². The molecule has 1 heterocycles. The van der Waals surface area contributed by atoms with E-state index in [1.807, 2.05) is 4.72 Å². The van der Waals surface area contributed by atoms with Crippen LogP contribution in [-0.4, -0.2) is 45.2 Å². The number of aromatic carboxylic acids is 1. The maximum atomic E-state index is 11.6. The molecule has 0 spiro atoms. The molecule has 0 saturated heterocycles. The lowest BCUT2D eigenvalue weighted by atomic mass is 10.4. The summed E-state index contributed by atoms with van der Waals surface area (Å²) in [4.78, 5) is 12.5. The normalized spacial score (nSPS) is 12.5. The molecule has 0 aliphatic carbocycles. The van der Waals surface area contributed by atoms with Gasteiger partial charge in [0.2, 0.25) is 20.0 Å². The molecular weight excluding hydrogens is 286 g/mol. The summed E-state index contributed by atoms with van der Waals surface area (Å²) in [5, 5.41) is 13.3. The van der Waals surface area contributed by atoms with Crippen molar-refractivity contribution in [2.45, 2.75) is 4.90 Å². The van der Waals surface area contributed by atoms with Gasteiger partial charge in [0.15, 0.2) is 0 Å². The molecule has 1 aromatic heterocycles. The van der Waals surface area contributed by atoms with E-state index in [0.717, 1.165) is 12.3 Å². The van der Waals surface area contributed by atoms with Crippen molar-refractivity contribution in [1.82, 2.24) is 9.71 Å². The average molecular weight is 297 g/mol. The fraction of sp³-hybridized carbons (Fsp3) is 0.286. The highest BCUT2D eigenvalue weighted by atomic mass is 32.2. The highest BCUT2D eigenvalue weighted by Gasteiger charge is 2.18. The summed E-state index contributed by atoms with van der Waals surface area (Å²) in [5.41, 5.74) is -0.290. The summed E-state index contributed by atoms with van der Waals surface area (Å²) >= 11 is 0. The molecule has 18 heavy (non-hydrogen) atoms. The highest BCUT2D eigenvalue weighted by molar-refractivity contribution is 7.90. The number of carbonyl (C=O) groups is 1. The van der Waals surface area contributed by atoms with Crippen molar-refractivity contribution < 1.29 is 26.7 Å². The summed E-state index contributed by atoms with van der Waals surface area (Å²) in [6.45, 7) is -0.394. The van der Waals surface area contributed by atoms with Gasteiger partial charge in [-0.2, -0.15) is 0 Å². The van der Waals surface area contributed by atoms with E-state index in [1.165, 1.54) is 0 Å². The van der Waals surface area contributed by atoms with Crippen molar-refractivity contribution in [2.75, 3.05) is 12.3 Å². The van der Waals surface area contributed by atoms with Gasteiger partial charge < -0.3 is 10.1 Å². The summed E-state index contributed by atoms with van der Waals surface area (Å²) in [7, 11) is -7.73. The van der Waals surface area contributed by atoms with Crippen LogP contribution >= 0.6 is 0 Å². The number of nitrogens with two attached hydrogens (primary N) is 1. The van der Waals surface area contributed by atoms with Crippen molar-refractivity contribution in [3.63, 3.8) is 0 Å². The van der Waals surface area contributed by atoms with Gasteiger partial charge in [-0.1, -0.05) is 0 Å². The Balaban J connectivity index is 2.77. The monoisotopic (exact) mass is 297 g/mol. The van der Waals surface area contributed by atoms with Gasteiger partial charge in [-0.05, 0) is 6.07 Å². The molecule has 0 aromatic carbocycles. The molecule has 0 aliphatic rings. The molecule has 11 heteroatoms. The molecule has 9 nitrogen and oxygen atoms in total. The van der Waals surface area contributed by atoms with Gasteiger partial charge in [0.1, 0.15) is 10.6 Å². The van der Waals surface area contributed by atoms with Crippen LogP contribution in [0.3, 0.4) is 0 Å². The van der Waals surface area contributed by atoms with Gasteiger partial charge in [0.25, 0.3) is 0 Å². The topological polar surface area (TPSA) is 159 Å². The van der Waals surface area contributed by atoms with Gasteiger partial charge in [0, 0.05) is 12.7 Å².